The average Bonchev–Trinajstić information content (AvgIpc) is 2.90. The van der Waals surface area contributed by atoms with Crippen molar-refractivity contribution in [1.82, 2.24) is 14.9 Å². The highest BCUT2D eigenvalue weighted by Gasteiger charge is 2.48. The summed E-state index contributed by atoms with van der Waals surface area (Å²) < 4.78 is 0.827. The summed E-state index contributed by atoms with van der Waals surface area (Å²) in [6, 6.07) is 0.642. The molecule has 18 heavy (non-hydrogen) atoms. The molecule has 0 N–H and O–H groups in total. The number of carbonyl (C=O) groups is 1. The minimum Gasteiger partial charge on any atom is -0.319 e. The molecule has 5 nitrogen and oxygen atoms in total. The van der Waals surface area contributed by atoms with Gasteiger partial charge in [-0.05, 0) is 42.1 Å². The SMILES string of the molecule is CCN1C(=O)N(c2ncc(Br)cn2)[C@@H]2CCC[C@@H]21. The van der Waals surface area contributed by atoms with Crippen molar-refractivity contribution < 1.29 is 4.79 Å². The van der Waals surface area contributed by atoms with Crippen LogP contribution in [0.4, 0.5) is 10.7 Å². The monoisotopic (exact) mass is 310 g/mol. The lowest BCUT2D eigenvalue weighted by Gasteiger charge is -2.19. The number of carbonyl (C=O) groups excluding carboxylic acids is 1. The van der Waals surface area contributed by atoms with E-state index in [2.05, 4.69) is 25.9 Å². The van der Waals surface area contributed by atoms with Crippen LogP contribution in [0.2, 0.25) is 0 Å². The minimum atomic E-state index is 0.0505. The molecule has 2 aliphatic rings. The quantitative estimate of drug-likeness (QED) is 0.843. The summed E-state index contributed by atoms with van der Waals surface area (Å²) >= 11 is 3.31. The number of anilines is 1. The predicted octanol–water partition coefficient (Wildman–Crippen LogP) is 2.42. The summed E-state index contributed by atoms with van der Waals surface area (Å²) in [5, 5.41) is 0. The van der Waals surface area contributed by atoms with Crippen molar-refractivity contribution in [3.05, 3.63) is 16.9 Å². The number of urea groups is 1. The van der Waals surface area contributed by atoms with E-state index in [4.69, 9.17) is 0 Å². The van der Waals surface area contributed by atoms with Crippen LogP contribution in [0.1, 0.15) is 26.2 Å². The zero-order valence-corrected chi connectivity index (χ0v) is 11.8. The molecule has 0 unspecified atom stereocenters. The molecule has 2 heterocycles. The molecular weight excluding hydrogens is 296 g/mol. The van der Waals surface area contributed by atoms with E-state index < -0.39 is 0 Å². The van der Waals surface area contributed by atoms with E-state index in [-0.39, 0.29) is 12.1 Å². The Kier molecular flexibility index (Phi) is 2.97. The van der Waals surface area contributed by atoms with Crippen LogP contribution in [0.5, 0.6) is 0 Å². The van der Waals surface area contributed by atoms with Crippen LogP contribution in [-0.4, -0.2) is 39.5 Å². The summed E-state index contributed by atoms with van der Waals surface area (Å²) in [6.07, 6.45) is 6.69. The van der Waals surface area contributed by atoms with E-state index in [1.54, 1.807) is 17.3 Å². The molecular formula is C12H15BrN4O. The minimum absolute atomic E-state index is 0.0505. The molecule has 1 aliphatic carbocycles. The normalized spacial score (nSPS) is 26.9. The highest BCUT2D eigenvalue weighted by molar-refractivity contribution is 9.10. The summed E-state index contributed by atoms with van der Waals surface area (Å²) in [7, 11) is 0. The molecule has 1 saturated heterocycles. The second-order valence-corrected chi connectivity index (χ2v) is 5.62. The Morgan fingerprint density at radius 1 is 1.33 bits per heavy atom. The Bertz CT molecular complexity index is 464. The highest BCUT2D eigenvalue weighted by atomic mass is 79.9. The number of nitrogens with zero attached hydrogens (tertiary/aromatic N) is 4. The standard InChI is InChI=1S/C12H15BrN4O/c1-2-16-9-4-3-5-10(9)17(12(16)18)11-14-6-8(13)7-15-11/h6-7,9-10H,2-5H2,1H3/t9-,10+/m0/s1. The van der Waals surface area contributed by atoms with Gasteiger partial charge < -0.3 is 4.90 Å². The first-order valence-corrected chi connectivity index (χ1v) is 7.09. The van der Waals surface area contributed by atoms with E-state index in [1.165, 1.54) is 6.42 Å². The number of hydrogen-bond acceptors (Lipinski definition) is 3. The molecule has 6 heteroatoms. The molecule has 1 aromatic heterocycles. The van der Waals surface area contributed by atoms with Crippen molar-refractivity contribution >= 4 is 27.9 Å². The van der Waals surface area contributed by atoms with E-state index in [9.17, 15) is 4.79 Å². The molecule has 2 fully saturated rings. The smallest absolute Gasteiger partial charge is 0.319 e. The Hall–Kier alpha value is -1.17. The van der Waals surface area contributed by atoms with Crippen LogP contribution in [0.3, 0.4) is 0 Å². The lowest BCUT2D eigenvalue weighted by Crippen LogP contribution is -2.36. The Morgan fingerprint density at radius 2 is 2.00 bits per heavy atom. The third-order valence-corrected chi connectivity index (χ3v) is 4.20. The lowest BCUT2D eigenvalue weighted by molar-refractivity contribution is 0.207. The zero-order valence-electron chi connectivity index (χ0n) is 10.2. The van der Waals surface area contributed by atoms with Gasteiger partial charge in [0.15, 0.2) is 0 Å². The van der Waals surface area contributed by atoms with Gasteiger partial charge in [0.25, 0.3) is 0 Å². The van der Waals surface area contributed by atoms with Gasteiger partial charge in [0.05, 0.1) is 16.6 Å². The maximum Gasteiger partial charge on any atom is 0.327 e. The van der Waals surface area contributed by atoms with Crippen LogP contribution in [0.25, 0.3) is 0 Å². The Balaban J connectivity index is 1.95. The molecule has 1 aliphatic heterocycles. The van der Waals surface area contributed by atoms with Gasteiger partial charge in [-0.15, -0.1) is 0 Å². The van der Waals surface area contributed by atoms with Crippen LogP contribution in [0, 0.1) is 0 Å². The van der Waals surface area contributed by atoms with Crippen LogP contribution < -0.4 is 4.90 Å². The van der Waals surface area contributed by atoms with Crippen LogP contribution in [-0.2, 0) is 0 Å². The van der Waals surface area contributed by atoms with Crippen molar-refractivity contribution in [2.75, 3.05) is 11.4 Å². The maximum atomic E-state index is 12.4. The van der Waals surface area contributed by atoms with E-state index in [0.717, 1.165) is 23.9 Å². The molecule has 0 bridgehead atoms. The third-order valence-electron chi connectivity index (χ3n) is 3.79. The van der Waals surface area contributed by atoms with Crippen LogP contribution >= 0.6 is 15.9 Å². The lowest BCUT2D eigenvalue weighted by atomic mass is 10.2. The Labute approximate surface area is 114 Å². The maximum absolute atomic E-state index is 12.4. The predicted molar refractivity (Wildman–Crippen MR) is 71.4 cm³/mol. The first-order valence-electron chi connectivity index (χ1n) is 6.29. The summed E-state index contributed by atoms with van der Waals surface area (Å²) in [5.74, 6) is 0.524. The van der Waals surface area contributed by atoms with E-state index in [1.807, 2.05) is 11.8 Å². The van der Waals surface area contributed by atoms with Crippen LogP contribution in [0.15, 0.2) is 16.9 Å². The van der Waals surface area contributed by atoms with Gasteiger partial charge in [0.2, 0.25) is 5.95 Å². The number of amides is 2. The molecule has 2 atom stereocenters. The number of fused-ring (bicyclic) bond motifs is 1. The van der Waals surface area contributed by atoms with Gasteiger partial charge in [0, 0.05) is 18.9 Å². The zero-order chi connectivity index (χ0) is 12.7. The first kappa shape index (κ1) is 11.9. The summed E-state index contributed by atoms with van der Waals surface area (Å²) in [4.78, 5) is 24.6. The van der Waals surface area contributed by atoms with Gasteiger partial charge in [0.1, 0.15) is 0 Å². The van der Waals surface area contributed by atoms with Gasteiger partial charge in [-0.2, -0.15) is 0 Å². The Morgan fingerprint density at radius 3 is 2.67 bits per heavy atom. The molecule has 96 valence electrons. The molecule has 3 rings (SSSR count). The average molecular weight is 311 g/mol. The molecule has 0 aromatic carbocycles. The molecule has 1 aromatic rings. The van der Waals surface area contributed by atoms with Crippen molar-refractivity contribution in [1.29, 1.82) is 0 Å². The van der Waals surface area contributed by atoms with Crippen molar-refractivity contribution in [2.24, 2.45) is 0 Å². The fraction of sp³-hybridized carbons (Fsp3) is 0.583. The summed E-state index contributed by atoms with van der Waals surface area (Å²) in [6.45, 7) is 2.78. The topological polar surface area (TPSA) is 49.3 Å². The van der Waals surface area contributed by atoms with E-state index >= 15 is 0 Å². The third kappa shape index (κ3) is 1.70. The highest BCUT2D eigenvalue weighted by Crippen LogP contribution is 2.36. The fourth-order valence-corrected chi connectivity index (χ4v) is 3.25. The largest absolute Gasteiger partial charge is 0.327 e. The van der Waals surface area contributed by atoms with Gasteiger partial charge >= 0.3 is 6.03 Å². The fourth-order valence-electron chi connectivity index (χ4n) is 3.04. The number of hydrogen-bond donors (Lipinski definition) is 0. The molecule has 0 spiro atoms. The van der Waals surface area contributed by atoms with Crippen molar-refractivity contribution in [3.8, 4) is 0 Å². The molecule has 0 radical (unpaired) electrons. The summed E-state index contributed by atoms with van der Waals surface area (Å²) in [5.41, 5.74) is 0. The first-order chi connectivity index (χ1) is 8.72. The molecule has 1 saturated carbocycles. The number of likely N-dealkylation sites (N-methyl/N-ethyl adjacent to an activating group) is 1. The second kappa shape index (κ2) is 4.50. The number of halogens is 1. The number of aromatic nitrogens is 2. The second-order valence-electron chi connectivity index (χ2n) is 4.71. The van der Waals surface area contributed by atoms with Gasteiger partial charge in [-0.1, -0.05) is 0 Å². The van der Waals surface area contributed by atoms with Crippen molar-refractivity contribution in [2.45, 2.75) is 38.3 Å². The van der Waals surface area contributed by atoms with Gasteiger partial charge in [-0.3, -0.25) is 4.90 Å². The number of rotatable bonds is 2. The van der Waals surface area contributed by atoms with E-state index in [0.29, 0.717) is 12.0 Å². The molecule has 2 amide bonds. The van der Waals surface area contributed by atoms with Gasteiger partial charge in [-0.25, -0.2) is 14.8 Å². The van der Waals surface area contributed by atoms with Crippen molar-refractivity contribution in [3.63, 3.8) is 0 Å².